The second kappa shape index (κ2) is 6.48. The summed E-state index contributed by atoms with van der Waals surface area (Å²) in [5.74, 6) is -0.259. The van der Waals surface area contributed by atoms with Crippen molar-refractivity contribution in [2.24, 2.45) is 0 Å². The third-order valence-electron chi connectivity index (χ3n) is 3.87. The number of esters is 1. The molecule has 3 aromatic carbocycles. The summed E-state index contributed by atoms with van der Waals surface area (Å²) in [4.78, 5) is 12.3. The van der Waals surface area contributed by atoms with Crippen LogP contribution in [0.1, 0.15) is 10.4 Å². The van der Waals surface area contributed by atoms with Crippen LogP contribution in [0.5, 0.6) is 11.5 Å². The zero-order valence-corrected chi connectivity index (χ0v) is 13.3. The maximum Gasteiger partial charge on any atom is 0.387 e. The van der Waals surface area contributed by atoms with Gasteiger partial charge in [0, 0.05) is 10.8 Å². The smallest absolute Gasteiger partial charge is 0.387 e. The van der Waals surface area contributed by atoms with Crippen molar-refractivity contribution in [2.45, 2.75) is 6.61 Å². The fraction of sp³-hybridized carbons (Fsp3) is 0.0500. The number of hydrogen-bond acceptors (Lipinski definition) is 4. The molecule has 0 N–H and O–H groups in total. The fourth-order valence-electron chi connectivity index (χ4n) is 2.71. The molecule has 0 unspecified atom stereocenters. The number of benzene rings is 3. The number of ether oxygens (including phenoxy) is 2. The van der Waals surface area contributed by atoms with Gasteiger partial charge in [-0.05, 0) is 48.5 Å². The predicted octanol–water partition coefficient (Wildman–Crippen LogP) is 5.41. The van der Waals surface area contributed by atoms with Gasteiger partial charge in [0.15, 0.2) is 0 Å². The van der Waals surface area contributed by atoms with Crippen molar-refractivity contribution >= 4 is 27.9 Å². The molecule has 4 aromatic rings. The standard InChI is InChI=1S/C20H12F2O4/c21-20(22)25-13-7-5-12(6-8-13)19(23)24-14-9-10-18-16(11-14)15-3-1-2-4-17(15)26-18/h1-11,20H. The minimum Gasteiger partial charge on any atom is -0.456 e. The van der Waals surface area contributed by atoms with E-state index in [0.717, 1.165) is 16.4 Å². The highest BCUT2D eigenvalue weighted by molar-refractivity contribution is 6.05. The van der Waals surface area contributed by atoms with Crippen LogP contribution in [0.2, 0.25) is 0 Å². The van der Waals surface area contributed by atoms with E-state index in [4.69, 9.17) is 9.15 Å². The number of fused-ring (bicyclic) bond motifs is 3. The van der Waals surface area contributed by atoms with Gasteiger partial charge >= 0.3 is 12.6 Å². The summed E-state index contributed by atoms with van der Waals surface area (Å²) in [5, 5.41) is 1.76. The van der Waals surface area contributed by atoms with Crippen molar-refractivity contribution in [1.82, 2.24) is 0 Å². The van der Waals surface area contributed by atoms with Gasteiger partial charge in [-0.3, -0.25) is 0 Å². The molecule has 0 saturated heterocycles. The average Bonchev–Trinajstić information content (AvgIpc) is 3.00. The van der Waals surface area contributed by atoms with Crippen LogP contribution in [0.4, 0.5) is 8.78 Å². The zero-order chi connectivity index (χ0) is 18.1. The molecule has 0 aliphatic heterocycles. The van der Waals surface area contributed by atoms with Crippen LogP contribution in [0.3, 0.4) is 0 Å². The molecule has 0 aliphatic carbocycles. The Morgan fingerprint density at radius 1 is 0.846 bits per heavy atom. The van der Waals surface area contributed by atoms with Gasteiger partial charge in [0.25, 0.3) is 0 Å². The van der Waals surface area contributed by atoms with Crippen LogP contribution >= 0.6 is 0 Å². The molecule has 0 spiro atoms. The molecule has 6 heteroatoms. The lowest BCUT2D eigenvalue weighted by Gasteiger charge is -2.06. The molecule has 1 aromatic heterocycles. The maximum absolute atomic E-state index is 12.3. The number of carbonyl (C=O) groups is 1. The number of hydrogen-bond donors (Lipinski definition) is 0. The van der Waals surface area contributed by atoms with E-state index < -0.39 is 12.6 Å². The van der Waals surface area contributed by atoms with Crippen LogP contribution in [0.15, 0.2) is 71.1 Å². The van der Waals surface area contributed by atoms with Crippen molar-refractivity contribution in [2.75, 3.05) is 0 Å². The fourth-order valence-corrected chi connectivity index (χ4v) is 2.71. The van der Waals surface area contributed by atoms with E-state index in [9.17, 15) is 13.6 Å². The second-order valence-corrected chi connectivity index (χ2v) is 5.55. The Kier molecular flexibility index (Phi) is 4.01. The molecule has 0 fully saturated rings. The van der Waals surface area contributed by atoms with Crippen molar-refractivity contribution < 1.29 is 27.5 Å². The normalized spacial score (nSPS) is 11.2. The summed E-state index contributed by atoms with van der Waals surface area (Å²) < 4.78 is 39.7. The third kappa shape index (κ3) is 3.09. The number of halogens is 2. The third-order valence-corrected chi connectivity index (χ3v) is 3.87. The highest BCUT2D eigenvalue weighted by atomic mass is 19.3. The van der Waals surface area contributed by atoms with Crippen molar-refractivity contribution in [3.05, 3.63) is 72.3 Å². The largest absolute Gasteiger partial charge is 0.456 e. The predicted molar refractivity (Wildman–Crippen MR) is 91.8 cm³/mol. The summed E-state index contributed by atoms with van der Waals surface area (Å²) >= 11 is 0. The van der Waals surface area contributed by atoms with Crippen LogP contribution in [-0.4, -0.2) is 12.6 Å². The molecule has 0 aliphatic rings. The number of carbonyl (C=O) groups excluding carboxylic acids is 1. The van der Waals surface area contributed by atoms with Crippen LogP contribution in [0.25, 0.3) is 21.9 Å². The molecule has 26 heavy (non-hydrogen) atoms. The summed E-state index contributed by atoms with van der Waals surface area (Å²) in [5.41, 5.74) is 1.67. The van der Waals surface area contributed by atoms with E-state index in [1.54, 1.807) is 18.2 Å². The summed E-state index contributed by atoms with van der Waals surface area (Å²) in [6.07, 6.45) is 0. The van der Waals surface area contributed by atoms with Crippen LogP contribution in [-0.2, 0) is 0 Å². The Labute approximate surface area is 146 Å². The number of rotatable bonds is 4. The zero-order valence-electron chi connectivity index (χ0n) is 13.3. The minimum absolute atomic E-state index is 0.0252. The first-order valence-corrected chi connectivity index (χ1v) is 7.78. The van der Waals surface area contributed by atoms with Crippen molar-refractivity contribution in [3.63, 3.8) is 0 Å². The number of para-hydroxylation sites is 1. The van der Waals surface area contributed by atoms with E-state index in [1.165, 1.54) is 24.3 Å². The molecule has 4 rings (SSSR count). The Bertz CT molecular complexity index is 1080. The van der Waals surface area contributed by atoms with Crippen LogP contribution < -0.4 is 9.47 Å². The van der Waals surface area contributed by atoms with E-state index in [-0.39, 0.29) is 11.3 Å². The quantitative estimate of drug-likeness (QED) is 0.363. The molecule has 130 valence electrons. The van der Waals surface area contributed by atoms with Crippen LogP contribution in [0, 0.1) is 0 Å². The number of furan rings is 1. The molecular weight excluding hydrogens is 342 g/mol. The molecular formula is C20H12F2O4. The van der Waals surface area contributed by atoms with Crippen molar-refractivity contribution in [3.8, 4) is 11.5 Å². The van der Waals surface area contributed by atoms with E-state index in [0.29, 0.717) is 11.3 Å². The van der Waals surface area contributed by atoms with Gasteiger partial charge in [-0.15, -0.1) is 0 Å². The molecule has 0 radical (unpaired) electrons. The SMILES string of the molecule is O=C(Oc1ccc2oc3ccccc3c2c1)c1ccc(OC(F)F)cc1. The molecule has 0 amide bonds. The van der Waals surface area contributed by atoms with Gasteiger partial charge in [-0.1, -0.05) is 18.2 Å². The molecule has 4 nitrogen and oxygen atoms in total. The van der Waals surface area contributed by atoms with Crippen molar-refractivity contribution in [1.29, 1.82) is 0 Å². The lowest BCUT2D eigenvalue weighted by atomic mass is 10.1. The Morgan fingerprint density at radius 2 is 1.54 bits per heavy atom. The highest BCUT2D eigenvalue weighted by Gasteiger charge is 2.12. The van der Waals surface area contributed by atoms with Gasteiger partial charge in [0.05, 0.1) is 5.56 Å². The summed E-state index contributed by atoms with van der Waals surface area (Å²) in [7, 11) is 0. The lowest BCUT2D eigenvalue weighted by Crippen LogP contribution is -2.08. The molecule has 0 atom stereocenters. The molecule has 0 saturated carbocycles. The second-order valence-electron chi connectivity index (χ2n) is 5.55. The Balaban J connectivity index is 1.58. The first-order valence-electron chi connectivity index (χ1n) is 7.78. The number of alkyl halides is 2. The topological polar surface area (TPSA) is 48.7 Å². The van der Waals surface area contributed by atoms with Gasteiger partial charge in [-0.25, -0.2) is 4.79 Å². The van der Waals surface area contributed by atoms with Gasteiger partial charge in [-0.2, -0.15) is 8.78 Å². The highest BCUT2D eigenvalue weighted by Crippen LogP contribution is 2.31. The van der Waals surface area contributed by atoms with E-state index in [1.807, 2.05) is 24.3 Å². The van der Waals surface area contributed by atoms with Gasteiger partial charge < -0.3 is 13.9 Å². The first-order chi connectivity index (χ1) is 12.6. The van der Waals surface area contributed by atoms with E-state index in [2.05, 4.69) is 4.74 Å². The first kappa shape index (κ1) is 16.1. The monoisotopic (exact) mass is 354 g/mol. The van der Waals surface area contributed by atoms with Gasteiger partial charge in [0.2, 0.25) is 0 Å². The summed E-state index contributed by atoms with van der Waals surface area (Å²) in [6, 6.07) is 18.0. The van der Waals surface area contributed by atoms with E-state index >= 15 is 0 Å². The minimum atomic E-state index is -2.91. The maximum atomic E-state index is 12.3. The molecule has 1 heterocycles. The average molecular weight is 354 g/mol. The Hall–Kier alpha value is -3.41. The van der Waals surface area contributed by atoms with Gasteiger partial charge in [0.1, 0.15) is 22.7 Å². The lowest BCUT2D eigenvalue weighted by molar-refractivity contribution is -0.0498. The summed E-state index contributed by atoms with van der Waals surface area (Å²) in [6.45, 7) is -2.91. The Morgan fingerprint density at radius 3 is 2.31 bits per heavy atom. The molecule has 0 bridgehead atoms.